The highest BCUT2D eigenvalue weighted by Crippen LogP contribution is 2.38. The van der Waals surface area contributed by atoms with Gasteiger partial charge in [-0.25, -0.2) is 14.2 Å². The fourth-order valence-corrected chi connectivity index (χ4v) is 5.85. The molecule has 2 aliphatic heterocycles. The van der Waals surface area contributed by atoms with E-state index in [1.54, 1.807) is 13.8 Å². The van der Waals surface area contributed by atoms with Crippen molar-refractivity contribution in [2.45, 2.75) is 57.9 Å². The molecule has 2 fully saturated rings. The van der Waals surface area contributed by atoms with Crippen LogP contribution in [0.1, 0.15) is 53.3 Å². The summed E-state index contributed by atoms with van der Waals surface area (Å²) in [5.74, 6) is -3.66. The summed E-state index contributed by atoms with van der Waals surface area (Å²) in [5, 5.41) is 4.92. The molecule has 2 saturated heterocycles. The number of hydrogen-bond donors (Lipinski definition) is 1. The highest BCUT2D eigenvalue weighted by molar-refractivity contribution is 7.09. The van der Waals surface area contributed by atoms with E-state index < -0.39 is 58.5 Å². The van der Waals surface area contributed by atoms with Crippen molar-refractivity contribution in [3.05, 3.63) is 51.2 Å². The normalized spacial score (nSPS) is 18.2. The third kappa shape index (κ3) is 5.40. The largest absolute Gasteiger partial charge is 0.416 e. The van der Waals surface area contributed by atoms with E-state index in [4.69, 9.17) is 0 Å². The van der Waals surface area contributed by atoms with Crippen molar-refractivity contribution in [3.63, 3.8) is 0 Å². The number of piperidine rings is 1. The van der Waals surface area contributed by atoms with Crippen LogP contribution in [0.25, 0.3) is 0 Å². The number of benzene rings is 1. The van der Waals surface area contributed by atoms with Crippen LogP contribution in [-0.2, 0) is 22.3 Å². The molecule has 14 heteroatoms. The van der Waals surface area contributed by atoms with E-state index in [0.29, 0.717) is 23.2 Å². The highest BCUT2D eigenvalue weighted by atomic mass is 32.1. The summed E-state index contributed by atoms with van der Waals surface area (Å²) in [6.45, 7) is 5.44. The first kappa shape index (κ1) is 29.4. The topological polar surface area (TPSA) is 103 Å². The van der Waals surface area contributed by atoms with Crippen molar-refractivity contribution in [3.8, 4) is 0 Å². The molecule has 0 radical (unpaired) electrons. The predicted octanol–water partition coefficient (Wildman–Crippen LogP) is 3.82. The molecule has 1 atom stereocenters. The lowest BCUT2D eigenvalue weighted by atomic mass is 9.85. The number of amides is 5. The molecule has 3 heterocycles. The first-order chi connectivity index (χ1) is 18.7. The van der Waals surface area contributed by atoms with Crippen molar-refractivity contribution in [1.29, 1.82) is 0 Å². The number of urea groups is 1. The summed E-state index contributed by atoms with van der Waals surface area (Å²) in [6.07, 6.45) is -4.47. The van der Waals surface area contributed by atoms with Gasteiger partial charge < -0.3 is 15.1 Å². The number of hydrogen-bond acceptors (Lipinski definition) is 6. The zero-order chi connectivity index (χ0) is 29.6. The van der Waals surface area contributed by atoms with Crippen LogP contribution in [0, 0.1) is 18.7 Å². The molecule has 40 heavy (non-hydrogen) atoms. The van der Waals surface area contributed by atoms with E-state index in [1.165, 1.54) is 28.2 Å². The van der Waals surface area contributed by atoms with Gasteiger partial charge in [0.25, 0.3) is 11.8 Å². The minimum Gasteiger partial charge on any atom is -0.341 e. The van der Waals surface area contributed by atoms with Crippen LogP contribution in [0.5, 0.6) is 0 Å². The molecule has 4 rings (SSSR count). The number of aromatic nitrogens is 1. The summed E-state index contributed by atoms with van der Waals surface area (Å²) >= 11 is 1.38. The van der Waals surface area contributed by atoms with Gasteiger partial charge in [-0.2, -0.15) is 13.2 Å². The van der Waals surface area contributed by atoms with Gasteiger partial charge in [-0.15, -0.1) is 11.3 Å². The molecule has 1 spiro atoms. The van der Waals surface area contributed by atoms with Gasteiger partial charge in [-0.05, 0) is 43.9 Å². The lowest BCUT2D eigenvalue weighted by Gasteiger charge is -2.43. The lowest BCUT2D eigenvalue weighted by Crippen LogP contribution is -2.60. The molecule has 0 bridgehead atoms. The molecule has 0 aliphatic carbocycles. The summed E-state index contributed by atoms with van der Waals surface area (Å²) in [5.41, 5.74) is -2.37. The Morgan fingerprint density at radius 2 is 1.82 bits per heavy atom. The maximum Gasteiger partial charge on any atom is 0.416 e. The fraction of sp³-hybridized carbons (Fsp3) is 0.500. The Morgan fingerprint density at radius 3 is 2.38 bits per heavy atom. The fourth-order valence-electron chi connectivity index (χ4n) is 5.09. The third-order valence-electron chi connectivity index (χ3n) is 7.36. The molecule has 2 aliphatic rings. The lowest BCUT2D eigenvalue weighted by molar-refractivity contribution is -0.142. The van der Waals surface area contributed by atoms with Gasteiger partial charge in [-0.1, -0.05) is 13.8 Å². The van der Waals surface area contributed by atoms with E-state index in [1.807, 2.05) is 12.3 Å². The summed E-state index contributed by atoms with van der Waals surface area (Å²) < 4.78 is 53.6. The van der Waals surface area contributed by atoms with Crippen molar-refractivity contribution < 1.29 is 36.7 Å². The maximum atomic E-state index is 14.3. The van der Waals surface area contributed by atoms with Crippen molar-refractivity contribution >= 4 is 35.1 Å². The van der Waals surface area contributed by atoms with E-state index in [9.17, 15) is 36.7 Å². The smallest absolute Gasteiger partial charge is 0.341 e. The van der Waals surface area contributed by atoms with Gasteiger partial charge in [0.05, 0.1) is 17.7 Å². The molecule has 0 unspecified atom stereocenters. The zero-order valence-corrected chi connectivity index (χ0v) is 23.2. The molecule has 1 aromatic heterocycles. The number of thiazole rings is 1. The number of imide groups is 1. The van der Waals surface area contributed by atoms with E-state index in [2.05, 4.69) is 10.3 Å². The average Bonchev–Trinajstić information content (AvgIpc) is 3.38. The number of carbonyl (C=O) groups excluding carboxylic acids is 4. The second-order valence-electron chi connectivity index (χ2n) is 10.4. The molecular formula is C26H29F4N5O4S. The van der Waals surface area contributed by atoms with E-state index in [-0.39, 0.29) is 38.4 Å². The summed E-state index contributed by atoms with van der Waals surface area (Å²) in [6, 6.07) is -0.105. The van der Waals surface area contributed by atoms with Crippen LogP contribution in [0.2, 0.25) is 0 Å². The standard InChI is InChI=1S/C26H29F4N5O4S/c1-14(2)20(32-21(36)17-11-16(26(28,29)30)5-6-18(17)27)22(37)34-9-7-25(8-10-34)23(38)33(4)24(39)35(25)12-19-31-15(3)13-40-19/h5-6,11,13-14,20H,7-10,12H2,1-4H3,(H,32,36)/t20-/m1/s1. The molecule has 216 valence electrons. The van der Waals surface area contributed by atoms with E-state index >= 15 is 0 Å². The number of nitrogens with zero attached hydrogens (tertiary/aromatic N) is 4. The Kier molecular flexibility index (Phi) is 7.94. The number of aryl methyl sites for hydroxylation is 1. The van der Waals surface area contributed by atoms with Gasteiger partial charge >= 0.3 is 12.2 Å². The minimum atomic E-state index is -4.78. The van der Waals surface area contributed by atoms with Crippen LogP contribution in [-0.4, -0.2) is 75.2 Å². The number of carbonyl (C=O) groups is 4. The summed E-state index contributed by atoms with van der Waals surface area (Å²) in [7, 11) is 1.41. The Bertz CT molecular complexity index is 1340. The third-order valence-corrected chi connectivity index (χ3v) is 8.31. The number of likely N-dealkylation sites (N-methyl/N-ethyl adjacent to an activating group) is 1. The number of likely N-dealkylation sites (tertiary alicyclic amines) is 1. The quantitative estimate of drug-likeness (QED) is 0.412. The Morgan fingerprint density at radius 1 is 1.18 bits per heavy atom. The van der Waals surface area contributed by atoms with Crippen molar-refractivity contribution in [1.82, 2.24) is 25.0 Å². The van der Waals surface area contributed by atoms with Gasteiger partial charge in [0.1, 0.15) is 22.4 Å². The molecule has 1 N–H and O–H groups in total. The first-order valence-corrected chi connectivity index (χ1v) is 13.5. The maximum absolute atomic E-state index is 14.3. The molecule has 9 nitrogen and oxygen atoms in total. The molecule has 1 aromatic carbocycles. The molecule has 5 amide bonds. The Balaban J connectivity index is 1.50. The van der Waals surface area contributed by atoms with Crippen molar-refractivity contribution in [2.75, 3.05) is 20.1 Å². The van der Waals surface area contributed by atoms with Crippen molar-refractivity contribution in [2.24, 2.45) is 5.92 Å². The molecule has 2 aromatic rings. The number of alkyl halides is 3. The van der Waals surface area contributed by atoms with Gasteiger partial charge in [-0.3, -0.25) is 19.3 Å². The highest BCUT2D eigenvalue weighted by Gasteiger charge is 2.57. The number of rotatable bonds is 6. The van der Waals surface area contributed by atoms with Crippen LogP contribution in [0.3, 0.4) is 0 Å². The van der Waals surface area contributed by atoms with Crippen LogP contribution >= 0.6 is 11.3 Å². The second kappa shape index (κ2) is 10.8. The number of halogens is 4. The second-order valence-corrected chi connectivity index (χ2v) is 11.3. The molecular weight excluding hydrogens is 554 g/mol. The Hall–Kier alpha value is -3.55. The first-order valence-electron chi connectivity index (χ1n) is 12.6. The van der Waals surface area contributed by atoms with Gasteiger partial charge in [0.2, 0.25) is 5.91 Å². The SMILES string of the molecule is Cc1csc(CN2C(=O)N(C)C(=O)C23CCN(C(=O)[C@H](NC(=O)c2cc(C(F)(F)F)ccc2F)C(C)C)CC3)n1. The van der Waals surface area contributed by atoms with Gasteiger partial charge in [0.15, 0.2) is 0 Å². The minimum absolute atomic E-state index is 0.0934. The van der Waals surface area contributed by atoms with Gasteiger partial charge in [0, 0.05) is 31.2 Å². The zero-order valence-electron chi connectivity index (χ0n) is 22.3. The Labute approximate surface area is 232 Å². The summed E-state index contributed by atoms with van der Waals surface area (Å²) in [4.78, 5) is 60.8. The van der Waals surface area contributed by atoms with Crippen LogP contribution < -0.4 is 5.32 Å². The van der Waals surface area contributed by atoms with E-state index in [0.717, 1.165) is 10.6 Å². The number of nitrogens with one attached hydrogen (secondary N) is 1. The van der Waals surface area contributed by atoms with Crippen LogP contribution in [0.4, 0.5) is 22.4 Å². The molecule has 0 saturated carbocycles. The monoisotopic (exact) mass is 583 g/mol. The predicted molar refractivity (Wildman–Crippen MR) is 137 cm³/mol. The van der Waals surface area contributed by atoms with Crippen LogP contribution in [0.15, 0.2) is 23.6 Å². The average molecular weight is 584 g/mol.